The second-order valence-corrected chi connectivity index (χ2v) is 4.29. The maximum Gasteiger partial charge on any atom is 0.325 e. The van der Waals surface area contributed by atoms with E-state index in [-0.39, 0.29) is 0 Å². The lowest BCUT2D eigenvalue weighted by Crippen LogP contribution is -2.50. The summed E-state index contributed by atoms with van der Waals surface area (Å²) < 4.78 is 1.97. The van der Waals surface area contributed by atoms with Crippen molar-refractivity contribution < 1.29 is 9.90 Å². The van der Waals surface area contributed by atoms with E-state index in [0.717, 1.165) is 19.6 Å². The summed E-state index contributed by atoms with van der Waals surface area (Å²) in [5, 5.41) is 8.98. The van der Waals surface area contributed by atoms with Gasteiger partial charge in [-0.25, -0.2) is 4.98 Å². The average Bonchev–Trinajstić information content (AvgIpc) is 2.85. The van der Waals surface area contributed by atoms with Gasteiger partial charge in [0.15, 0.2) is 0 Å². The monoisotopic (exact) mass is 224 g/mol. The molecule has 88 valence electrons. The van der Waals surface area contributed by atoms with Crippen molar-refractivity contribution >= 4 is 5.97 Å². The van der Waals surface area contributed by atoms with Gasteiger partial charge < -0.3 is 15.4 Å². The van der Waals surface area contributed by atoms with Crippen LogP contribution in [0.5, 0.6) is 0 Å². The van der Waals surface area contributed by atoms with Crippen LogP contribution in [0.1, 0.15) is 6.42 Å². The highest BCUT2D eigenvalue weighted by Crippen LogP contribution is 2.18. The van der Waals surface area contributed by atoms with Crippen LogP contribution in [0.2, 0.25) is 0 Å². The molecule has 1 aliphatic heterocycles. The summed E-state index contributed by atoms with van der Waals surface area (Å²) in [6, 6.07) is 0. The van der Waals surface area contributed by atoms with Crippen LogP contribution in [-0.4, -0.2) is 50.7 Å². The summed E-state index contributed by atoms with van der Waals surface area (Å²) in [4.78, 5) is 17.0. The zero-order valence-corrected chi connectivity index (χ0v) is 9.04. The average molecular weight is 224 g/mol. The quantitative estimate of drug-likeness (QED) is 0.711. The van der Waals surface area contributed by atoms with Crippen LogP contribution >= 0.6 is 0 Å². The van der Waals surface area contributed by atoms with Gasteiger partial charge in [-0.2, -0.15) is 0 Å². The van der Waals surface area contributed by atoms with E-state index in [1.165, 1.54) is 0 Å². The first-order valence-corrected chi connectivity index (χ1v) is 5.30. The predicted octanol–water partition coefficient (Wildman–Crippen LogP) is -0.629. The molecule has 1 aromatic heterocycles. The van der Waals surface area contributed by atoms with Gasteiger partial charge in [-0.3, -0.25) is 9.69 Å². The highest BCUT2D eigenvalue weighted by atomic mass is 16.4. The van der Waals surface area contributed by atoms with Gasteiger partial charge >= 0.3 is 5.97 Å². The normalized spacial score (nSPS) is 26.1. The van der Waals surface area contributed by atoms with Gasteiger partial charge in [0.1, 0.15) is 5.54 Å². The fourth-order valence-electron chi connectivity index (χ4n) is 1.96. The van der Waals surface area contributed by atoms with Gasteiger partial charge in [0.2, 0.25) is 0 Å². The number of carbonyl (C=O) groups is 1. The van der Waals surface area contributed by atoms with Gasteiger partial charge in [0, 0.05) is 38.6 Å². The van der Waals surface area contributed by atoms with E-state index in [1.54, 1.807) is 12.5 Å². The molecular weight excluding hydrogens is 208 g/mol. The first-order chi connectivity index (χ1) is 7.60. The molecule has 6 heteroatoms. The van der Waals surface area contributed by atoms with Gasteiger partial charge in [-0.05, 0) is 6.42 Å². The zero-order chi connectivity index (χ0) is 11.6. The molecule has 0 radical (unpaired) electrons. The number of aliphatic carboxylic acids is 1. The number of likely N-dealkylation sites (tertiary alicyclic amines) is 1. The number of hydrogen-bond acceptors (Lipinski definition) is 4. The number of carboxylic acids is 1. The third kappa shape index (κ3) is 2.23. The highest BCUT2D eigenvalue weighted by Gasteiger charge is 2.40. The Kier molecular flexibility index (Phi) is 2.93. The Bertz CT molecular complexity index is 365. The third-order valence-corrected chi connectivity index (χ3v) is 3.04. The van der Waals surface area contributed by atoms with Crippen molar-refractivity contribution in [3.8, 4) is 0 Å². The zero-order valence-electron chi connectivity index (χ0n) is 9.04. The molecule has 3 N–H and O–H groups in total. The first-order valence-electron chi connectivity index (χ1n) is 5.30. The molecule has 6 nitrogen and oxygen atoms in total. The topological polar surface area (TPSA) is 84.4 Å². The lowest BCUT2D eigenvalue weighted by molar-refractivity contribution is -0.142. The van der Waals surface area contributed by atoms with Gasteiger partial charge in [0.25, 0.3) is 0 Å². The molecule has 0 saturated carbocycles. The number of nitrogens with zero attached hydrogens (tertiary/aromatic N) is 3. The van der Waals surface area contributed by atoms with Crippen LogP contribution in [0.15, 0.2) is 18.7 Å². The van der Waals surface area contributed by atoms with Crippen molar-refractivity contribution in [1.82, 2.24) is 14.5 Å². The maximum atomic E-state index is 10.9. The SMILES string of the molecule is NC1(C(=O)O)CCN(CCn2ccnc2)C1. The minimum atomic E-state index is -1.06. The molecule has 0 amide bonds. The number of aromatic nitrogens is 2. The van der Waals surface area contributed by atoms with Crippen LogP contribution in [0.3, 0.4) is 0 Å². The van der Waals surface area contributed by atoms with Crippen molar-refractivity contribution in [1.29, 1.82) is 0 Å². The Hall–Kier alpha value is -1.40. The van der Waals surface area contributed by atoms with Crippen molar-refractivity contribution in [2.24, 2.45) is 5.73 Å². The van der Waals surface area contributed by atoms with E-state index in [2.05, 4.69) is 9.88 Å². The van der Waals surface area contributed by atoms with E-state index < -0.39 is 11.5 Å². The molecule has 1 fully saturated rings. The smallest absolute Gasteiger partial charge is 0.325 e. The Morgan fingerprint density at radius 2 is 2.38 bits per heavy atom. The number of carboxylic acid groups (broad SMARTS) is 1. The Balaban J connectivity index is 1.83. The minimum absolute atomic E-state index is 0.428. The van der Waals surface area contributed by atoms with Crippen molar-refractivity contribution in [3.63, 3.8) is 0 Å². The third-order valence-electron chi connectivity index (χ3n) is 3.04. The molecule has 0 spiro atoms. The van der Waals surface area contributed by atoms with E-state index in [9.17, 15) is 4.79 Å². The molecule has 16 heavy (non-hydrogen) atoms. The van der Waals surface area contributed by atoms with Gasteiger partial charge in [-0.1, -0.05) is 0 Å². The fraction of sp³-hybridized carbons (Fsp3) is 0.600. The molecule has 0 bridgehead atoms. The summed E-state index contributed by atoms with van der Waals surface area (Å²) in [6.45, 7) is 2.80. The Morgan fingerprint density at radius 3 is 2.94 bits per heavy atom. The lowest BCUT2D eigenvalue weighted by Gasteiger charge is -2.19. The fourth-order valence-corrected chi connectivity index (χ4v) is 1.96. The standard InChI is InChI=1S/C10H16N4O2/c11-10(9(15)16)1-3-13(7-10)5-6-14-4-2-12-8-14/h2,4,8H,1,3,5-7,11H2,(H,15,16). The largest absolute Gasteiger partial charge is 0.480 e. The number of nitrogens with two attached hydrogens (primary N) is 1. The molecule has 1 aliphatic rings. The van der Waals surface area contributed by atoms with Crippen molar-refractivity contribution in [3.05, 3.63) is 18.7 Å². The van der Waals surface area contributed by atoms with Crippen LogP contribution in [-0.2, 0) is 11.3 Å². The minimum Gasteiger partial charge on any atom is -0.480 e. The van der Waals surface area contributed by atoms with Crippen LogP contribution < -0.4 is 5.73 Å². The van der Waals surface area contributed by atoms with Gasteiger partial charge in [-0.15, -0.1) is 0 Å². The van der Waals surface area contributed by atoms with Crippen LogP contribution in [0, 0.1) is 0 Å². The molecule has 2 heterocycles. The highest BCUT2D eigenvalue weighted by molar-refractivity contribution is 5.79. The van der Waals surface area contributed by atoms with Crippen LogP contribution in [0.25, 0.3) is 0 Å². The van der Waals surface area contributed by atoms with Gasteiger partial charge in [0.05, 0.1) is 6.33 Å². The Labute approximate surface area is 93.7 Å². The van der Waals surface area contributed by atoms with Crippen molar-refractivity contribution in [2.45, 2.75) is 18.5 Å². The number of hydrogen-bond donors (Lipinski definition) is 2. The van der Waals surface area contributed by atoms with E-state index in [0.29, 0.717) is 13.0 Å². The first kappa shape index (κ1) is 11.1. The second-order valence-electron chi connectivity index (χ2n) is 4.29. The van der Waals surface area contributed by atoms with E-state index >= 15 is 0 Å². The maximum absolute atomic E-state index is 10.9. The summed E-state index contributed by atoms with van der Waals surface area (Å²) in [6.07, 6.45) is 5.90. The van der Waals surface area contributed by atoms with E-state index in [1.807, 2.05) is 10.8 Å². The van der Waals surface area contributed by atoms with Crippen LogP contribution in [0.4, 0.5) is 0 Å². The molecule has 1 saturated heterocycles. The summed E-state index contributed by atoms with van der Waals surface area (Å²) >= 11 is 0. The molecular formula is C10H16N4O2. The van der Waals surface area contributed by atoms with Crippen molar-refractivity contribution in [2.75, 3.05) is 19.6 Å². The summed E-state index contributed by atoms with van der Waals surface area (Å²) in [7, 11) is 0. The molecule has 1 atom stereocenters. The second kappa shape index (κ2) is 4.23. The molecule has 0 aromatic carbocycles. The molecule has 1 aromatic rings. The predicted molar refractivity (Wildman–Crippen MR) is 57.8 cm³/mol. The molecule has 2 rings (SSSR count). The summed E-state index contributed by atoms with van der Waals surface area (Å²) in [5.41, 5.74) is 4.72. The number of rotatable bonds is 4. The lowest BCUT2D eigenvalue weighted by atomic mass is 10.0. The van der Waals surface area contributed by atoms with E-state index in [4.69, 9.17) is 10.8 Å². The summed E-state index contributed by atoms with van der Waals surface area (Å²) in [5.74, 6) is -0.905. The molecule has 0 aliphatic carbocycles. The number of imidazole rings is 1. The Morgan fingerprint density at radius 1 is 1.56 bits per heavy atom. The molecule has 1 unspecified atom stereocenters.